The highest BCUT2D eigenvalue weighted by atomic mass is 32.1. The fourth-order valence-corrected chi connectivity index (χ4v) is 3.59. The molecule has 2 N–H and O–H groups in total. The van der Waals surface area contributed by atoms with Crippen LogP contribution in [0.5, 0.6) is 0 Å². The van der Waals surface area contributed by atoms with Crippen molar-refractivity contribution in [2.75, 3.05) is 13.1 Å². The van der Waals surface area contributed by atoms with Crippen LogP contribution in [0.2, 0.25) is 0 Å². The third kappa shape index (κ3) is 7.61. The molecule has 0 unspecified atom stereocenters. The maximum absolute atomic E-state index is 5.81. The summed E-state index contributed by atoms with van der Waals surface area (Å²) in [7, 11) is 0. The van der Waals surface area contributed by atoms with Gasteiger partial charge in [0, 0.05) is 24.9 Å². The number of benzene rings is 2. The topological polar surface area (TPSA) is 58.5 Å². The highest BCUT2D eigenvalue weighted by Crippen LogP contribution is 2.10. The Morgan fingerprint density at radius 3 is 2.33 bits per heavy atom. The minimum absolute atomic E-state index is 0.610. The molecule has 158 valence electrons. The van der Waals surface area contributed by atoms with E-state index in [-0.39, 0.29) is 0 Å². The molecule has 0 spiro atoms. The van der Waals surface area contributed by atoms with E-state index in [9.17, 15) is 0 Å². The lowest BCUT2D eigenvalue weighted by atomic mass is 10.1. The van der Waals surface area contributed by atoms with Gasteiger partial charge in [0.05, 0.1) is 30.5 Å². The highest BCUT2D eigenvalue weighted by molar-refractivity contribution is 7.09. The average Bonchev–Trinajstić information content (AvgIpc) is 3.19. The largest absolute Gasteiger partial charge is 0.372 e. The molecule has 3 aromatic rings. The Morgan fingerprint density at radius 1 is 0.967 bits per heavy atom. The fourth-order valence-electron chi connectivity index (χ4n) is 2.95. The van der Waals surface area contributed by atoms with E-state index in [1.807, 2.05) is 25.1 Å². The fraction of sp³-hybridized carbons (Fsp3) is 0.333. The molecule has 2 aromatic carbocycles. The summed E-state index contributed by atoms with van der Waals surface area (Å²) in [6.45, 7) is 7.63. The Hall–Kier alpha value is -2.70. The van der Waals surface area contributed by atoms with E-state index >= 15 is 0 Å². The maximum atomic E-state index is 5.81. The van der Waals surface area contributed by atoms with E-state index in [1.165, 1.54) is 16.7 Å². The van der Waals surface area contributed by atoms with Gasteiger partial charge in [-0.25, -0.2) is 9.98 Å². The van der Waals surface area contributed by atoms with Crippen molar-refractivity contribution in [2.45, 2.75) is 40.0 Å². The summed E-state index contributed by atoms with van der Waals surface area (Å²) >= 11 is 1.69. The van der Waals surface area contributed by atoms with E-state index < -0.39 is 0 Å². The van der Waals surface area contributed by atoms with Crippen LogP contribution in [0.25, 0.3) is 0 Å². The SMILES string of the molecule is CCNC(=NCc1ccc(COCc2ccccc2)cc1)NCCc1csc(C)n1. The van der Waals surface area contributed by atoms with Crippen molar-refractivity contribution < 1.29 is 4.74 Å². The molecule has 30 heavy (non-hydrogen) atoms. The van der Waals surface area contributed by atoms with E-state index in [4.69, 9.17) is 9.73 Å². The van der Waals surface area contributed by atoms with Crippen LogP contribution in [0, 0.1) is 6.92 Å². The summed E-state index contributed by atoms with van der Waals surface area (Å²) in [6.07, 6.45) is 0.895. The number of guanidine groups is 1. The molecule has 0 amide bonds. The number of aliphatic imine (C=N–C) groups is 1. The summed E-state index contributed by atoms with van der Waals surface area (Å²) in [5.41, 5.74) is 4.67. The normalized spacial score (nSPS) is 11.5. The van der Waals surface area contributed by atoms with Crippen molar-refractivity contribution in [1.82, 2.24) is 15.6 Å². The molecule has 0 aliphatic heterocycles. The summed E-state index contributed by atoms with van der Waals surface area (Å²) in [6, 6.07) is 18.7. The minimum Gasteiger partial charge on any atom is -0.372 e. The Kier molecular flexibility index (Phi) is 8.87. The molecular formula is C24H30N4OS. The molecule has 0 saturated heterocycles. The van der Waals surface area contributed by atoms with Gasteiger partial charge in [-0.15, -0.1) is 11.3 Å². The maximum Gasteiger partial charge on any atom is 0.191 e. The first kappa shape index (κ1) is 22.0. The van der Waals surface area contributed by atoms with Crippen LogP contribution >= 0.6 is 11.3 Å². The monoisotopic (exact) mass is 422 g/mol. The summed E-state index contributed by atoms with van der Waals surface area (Å²) in [4.78, 5) is 9.20. The molecule has 5 nitrogen and oxygen atoms in total. The van der Waals surface area contributed by atoms with Crippen molar-refractivity contribution in [2.24, 2.45) is 4.99 Å². The van der Waals surface area contributed by atoms with Gasteiger partial charge in [-0.1, -0.05) is 54.6 Å². The molecule has 6 heteroatoms. The van der Waals surface area contributed by atoms with Crippen LogP contribution in [0.4, 0.5) is 0 Å². The van der Waals surface area contributed by atoms with Crippen LogP contribution in [0.1, 0.15) is 34.3 Å². The number of nitrogens with one attached hydrogen (secondary N) is 2. The number of hydrogen-bond donors (Lipinski definition) is 2. The van der Waals surface area contributed by atoms with Gasteiger partial charge in [-0.3, -0.25) is 0 Å². The van der Waals surface area contributed by atoms with Crippen LogP contribution in [-0.4, -0.2) is 24.0 Å². The smallest absolute Gasteiger partial charge is 0.191 e. The first-order valence-electron chi connectivity index (χ1n) is 10.4. The van der Waals surface area contributed by atoms with Gasteiger partial charge in [-0.2, -0.15) is 0 Å². The second-order valence-electron chi connectivity index (χ2n) is 7.02. The first-order valence-corrected chi connectivity index (χ1v) is 11.2. The molecule has 0 radical (unpaired) electrons. The summed E-state index contributed by atoms with van der Waals surface area (Å²) in [5, 5.41) is 9.92. The first-order chi connectivity index (χ1) is 14.7. The predicted octanol–water partition coefficient (Wildman–Crippen LogP) is 4.47. The van der Waals surface area contributed by atoms with Gasteiger partial charge in [0.1, 0.15) is 0 Å². The van der Waals surface area contributed by atoms with Gasteiger partial charge in [0.25, 0.3) is 0 Å². The van der Waals surface area contributed by atoms with Gasteiger partial charge in [-0.05, 0) is 30.5 Å². The zero-order valence-electron chi connectivity index (χ0n) is 17.7. The van der Waals surface area contributed by atoms with Gasteiger partial charge in [0.2, 0.25) is 0 Å². The molecule has 1 aromatic heterocycles. The van der Waals surface area contributed by atoms with Gasteiger partial charge in [0.15, 0.2) is 5.96 Å². The summed E-state index contributed by atoms with van der Waals surface area (Å²) < 4.78 is 5.81. The Labute approximate surface area is 183 Å². The molecule has 0 aliphatic carbocycles. The van der Waals surface area contributed by atoms with Crippen molar-refractivity contribution in [3.63, 3.8) is 0 Å². The predicted molar refractivity (Wildman–Crippen MR) is 125 cm³/mol. The molecule has 0 atom stereocenters. The lowest BCUT2D eigenvalue weighted by molar-refractivity contribution is 0.107. The Balaban J connectivity index is 1.44. The third-order valence-corrected chi connectivity index (χ3v) is 5.33. The van der Waals surface area contributed by atoms with Crippen LogP contribution in [-0.2, 0) is 30.9 Å². The van der Waals surface area contributed by atoms with E-state index in [2.05, 4.69) is 64.3 Å². The van der Waals surface area contributed by atoms with Crippen LogP contribution < -0.4 is 10.6 Å². The molecule has 1 heterocycles. The quantitative estimate of drug-likeness (QED) is 0.374. The number of ether oxygens (including phenoxy) is 1. The van der Waals surface area contributed by atoms with Crippen molar-refractivity contribution in [1.29, 1.82) is 0 Å². The van der Waals surface area contributed by atoms with E-state index in [1.54, 1.807) is 11.3 Å². The van der Waals surface area contributed by atoms with Gasteiger partial charge >= 0.3 is 0 Å². The minimum atomic E-state index is 0.610. The van der Waals surface area contributed by atoms with Crippen molar-refractivity contribution >= 4 is 17.3 Å². The third-order valence-electron chi connectivity index (χ3n) is 4.51. The Morgan fingerprint density at radius 2 is 1.67 bits per heavy atom. The number of nitrogens with zero attached hydrogens (tertiary/aromatic N) is 2. The molecule has 0 bridgehead atoms. The number of aromatic nitrogens is 1. The standard InChI is InChI=1S/C24H30N4OS/c1-3-25-24(26-14-13-23-18-30-19(2)28-23)27-15-20-9-11-22(12-10-20)17-29-16-21-7-5-4-6-8-21/h4-12,18H,3,13-17H2,1-2H3,(H2,25,26,27). The van der Waals surface area contributed by atoms with Crippen LogP contribution in [0.3, 0.4) is 0 Å². The molecule has 0 fully saturated rings. The van der Waals surface area contributed by atoms with Crippen LogP contribution in [0.15, 0.2) is 65.0 Å². The lowest BCUT2D eigenvalue weighted by Gasteiger charge is -2.11. The average molecular weight is 423 g/mol. The number of aryl methyl sites for hydroxylation is 1. The zero-order chi connectivity index (χ0) is 21.0. The van der Waals surface area contributed by atoms with Crippen molar-refractivity contribution in [3.8, 4) is 0 Å². The molecule has 3 rings (SSSR count). The molecule has 0 aliphatic rings. The lowest BCUT2D eigenvalue weighted by Crippen LogP contribution is -2.38. The number of hydrogen-bond acceptors (Lipinski definition) is 4. The molecule has 0 saturated carbocycles. The summed E-state index contributed by atoms with van der Waals surface area (Å²) in [5.74, 6) is 0.833. The highest BCUT2D eigenvalue weighted by Gasteiger charge is 2.01. The Bertz CT molecular complexity index is 906. The second kappa shape index (κ2) is 12.1. The van der Waals surface area contributed by atoms with E-state index in [0.29, 0.717) is 19.8 Å². The number of thiazole rings is 1. The van der Waals surface area contributed by atoms with Gasteiger partial charge < -0.3 is 15.4 Å². The second-order valence-corrected chi connectivity index (χ2v) is 8.09. The number of rotatable bonds is 10. The van der Waals surface area contributed by atoms with Crippen molar-refractivity contribution in [3.05, 3.63) is 87.4 Å². The van der Waals surface area contributed by atoms with E-state index in [0.717, 1.165) is 36.2 Å². The zero-order valence-corrected chi connectivity index (χ0v) is 18.5. The molecular weight excluding hydrogens is 392 g/mol.